The largest absolute Gasteiger partial charge is 0.325 e. The van der Waals surface area contributed by atoms with E-state index in [0.717, 1.165) is 0 Å². The number of carbonyl (C=O) groups excluding carboxylic acids is 2. The van der Waals surface area contributed by atoms with Crippen LogP contribution in [0.1, 0.15) is 31.1 Å². The molecule has 2 atom stereocenters. The van der Waals surface area contributed by atoms with Gasteiger partial charge in [0.2, 0.25) is 5.91 Å². The zero-order chi connectivity index (χ0) is 14.9. The first kappa shape index (κ1) is 14.6. The molecule has 0 aliphatic carbocycles. The molecule has 2 rings (SSSR count). The van der Waals surface area contributed by atoms with E-state index in [2.05, 4.69) is 0 Å². The Balaban J connectivity index is 2.32. The number of rotatable bonds is 2. The fraction of sp³-hybridized carbons (Fsp3) is 0.500. The lowest BCUT2D eigenvalue weighted by Gasteiger charge is -2.46. The quantitative estimate of drug-likeness (QED) is 0.829. The SMILES string of the molecule is CC(C)[C@H]1N(C)C(=O)[C@@H](C)CN1C(=O)c1ccccc1. The van der Waals surface area contributed by atoms with Crippen molar-refractivity contribution in [3.63, 3.8) is 0 Å². The first-order valence-corrected chi connectivity index (χ1v) is 7.06. The van der Waals surface area contributed by atoms with Crippen LogP contribution in [0.15, 0.2) is 30.3 Å². The Labute approximate surface area is 120 Å². The van der Waals surface area contributed by atoms with Crippen LogP contribution in [-0.2, 0) is 4.79 Å². The molecule has 0 N–H and O–H groups in total. The van der Waals surface area contributed by atoms with E-state index in [9.17, 15) is 9.59 Å². The summed E-state index contributed by atoms with van der Waals surface area (Å²) in [4.78, 5) is 28.4. The van der Waals surface area contributed by atoms with Gasteiger partial charge in [0, 0.05) is 19.2 Å². The van der Waals surface area contributed by atoms with Crippen molar-refractivity contribution in [1.29, 1.82) is 0 Å². The number of hydrogen-bond acceptors (Lipinski definition) is 2. The van der Waals surface area contributed by atoms with Gasteiger partial charge in [-0.15, -0.1) is 0 Å². The van der Waals surface area contributed by atoms with E-state index < -0.39 is 0 Å². The maximum Gasteiger partial charge on any atom is 0.255 e. The van der Waals surface area contributed by atoms with E-state index in [1.54, 1.807) is 11.9 Å². The van der Waals surface area contributed by atoms with Gasteiger partial charge in [-0.05, 0) is 18.1 Å². The fourth-order valence-corrected chi connectivity index (χ4v) is 2.92. The van der Waals surface area contributed by atoms with E-state index in [1.165, 1.54) is 0 Å². The molecule has 1 aliphatic heterocycles. The summed E-state index contributed by atoms with van der Waals surface area (Å²) in [5.74, 6) is 0.156. The number of hydrogen-bond donors (Lipinski definition) is 0. The van der Waals surface area contributed by atoms with Crippen molar-refractivity contribution in [2.75, 3.05) is 13.6 Å². The van der Waals surface area contributed by atoms with Crippen LogP contribution >= 0.6 is 0 Å². The molecule has 2 amide bonds. The Kier molecular flexibility index (Phi) is 4.12. The molecule has 4 heteroatoms. The lowest BCUT2D eigenvalue weighted by atomic mass is 9.98. The maximum atomic E-state index is 12.7. The molecule has 0 bridgehead atoms. The molecule has 0 unspecified atom stereocenters. The number of nitrogens with zero attached hydrogens (tertiary/aromatic N) is 2. The minimum atomic E-state index is -0.175. The lowest BCUT2D eigenvalue weighted by molar-refractivity contribution is -0.147. The van der Waals surface area contributed by atoms with Gasteiger partial charge in [-0.1, -0.05) is 39.0 Å². The highest BCUT2D eigenvalue weighted by Gasteiger charge is 2.40. The van der Waals surface area contributed by atoms with Crippen molar-refractivity contribution >= 4 is 11.8 Å². The molecule has 1 aromatic rings. The van der Waals surface area contributed by atoms with Gasteiger partial charge >= 0.3 is 0 Å². The molecule has 1 saturated heterocycles. The summed E-state index contributed by atoms with van der Waals surface area (Å²) in [6, 6.07) is 9.26. The molecular formula is C16H22N2O2. The van der Waals surface area contributed by atoms with Crippen molar-refractivity contribution < 1.29 is 9.59 Å². The Morgan fingerprint density at radius 2 is 1.85 bits per heavy atom. The summed E-state index contributed by atoms with van der Waals surface area (Å²) in [7, 11) is 1.79. The molecule has 1 aliphatic rings. The third-order valence-corrected chi connectivity index (χ3v) is 3.83. The van der Waals surface area contributed by atoms with Crippen molar-refractivity contribution in [2.45, 2.75) is 26.9 Å². The highest BCUT2D eigenvalue weighted by Crippen LogP contribution is 2.25. The van der Waals surface area contributed by atoms with Crippen molar-refractivity contribution in [2.24, 2.45) is 11.8 Å². The minimum absolute atomic E-state index is 0.00417. The van der Waals surface area contributed by atoms with E-state index in [4.69, 9.17) is 0 Å². The van der Waals surface area contributed by atoms with Crippen LogP contribution < -0.4 is 0 Å². The van der Waals surface area contributed by atoms with Crippen LogP contribution in [0.25, 0.3) is 0 Å². The molecule has 0 saturated carbocycles. The van der Waals surface area contributed by atoms with Crippen molar-refractivity contribution in [1.82, 2.24) is 9.80 Å². The molecule has 1 heterocycles. The molecule has 0 spiro atoms. The molecule has 20 heavy (non-hydrogen) atoms. The Bertz CT molecular complexity index is 498. The van der Waals surface area contributed by atoms with Crippen LogP contribution in [0.2, 0.25) is 0 Å². The molecule has 4 nitrogen and oxygen atoms in total. The van der Waals surface area contributed by atoms with Crippen molar-refractivity contribution in [3.05, 3.63) is 35.9 Å². The summed E-state index contributed by atoms with van der Waals surface area (Å²) < 4.78 is 0. The second-order valence-electron chi connectivity index (χ2n) is 5.83. The number of benzene rings is 1. The second-order valence-corrected chi connectivity index (χ2v) is 5.83. The molecule has 0 radical (unpaired) electrons. The third-order valence-electron chi connectivity index (χ3n) is 3.83. The Morgan fingerprint density at radius 1 is 1.25 bits per heavy atom. The van der Waals surface area contributed by atoms with Gasteiger partial charge in [0.25, 0.3) is 5.91 Å². The highest BCUT2D eigenvalue weighted by molar-refractivity contribution is 5.95. The Morgan fingerprint density at radius 3 is 2.40 bits per heavy atom. The fourth-order valence-electron chi connectivity index (χ4n) is 2.92. The summed E-state index contributed by atoms with van der Waals surface area (Å²) >= 11 is 0. The van der Waals surface area contributed by atoms with E-state index in [1.807, 2.05) is 56.0 Å². The Hall–Kier alpha value is -1.84. The highest BCUT2D eigenvalue weighted by atomic mass is 16.2. The van der Waals surface area contributed by atoms with Gasteiger partial charge in [0.15, 0.2) is 0 Å². The van der Waals surface area contributed by atoms with Crippen LogP contribution in [0.5, 0.6) is 0 Å². The van der Waals surface area contributed by atoms with Crippen LogP contribution in [-0.4, -0.2) is 41.4 Å². The lowest BCUT2D eigenvalue weighted by Crippen LogP contribution is -2.61. The third kappa shape index (κ3) is 2.55. The van der Waals surface area contributed by atoms with Crippen LogP contribution in [0, 0.1) is 11.8 Å². The monoisotopic (exact) mass is 274 g/mol. The molecular weight excluding hydrogens is 252 g/mol. The summed E-state index contributed by atoms with van der Waals surface area (Å²) in [6.07, 6.45) is -0.175. The molecule has 1 fully saturated rings. The average molecular weight is 274 g/mol. The predicted octanol–water partition coefficient (Wildman–Crippen LogP) is 2.22. The normalized spacial score (nSPS) is 23.4. The number of amides is 2. The van der Waals surface area contributed by atoms with E-state index in [0.29, 0.717) is 12.1 Å². The minimum Gasteiger partial charge on any atom is -0.325 e. The zero-order valence-electron chi connectivity index (χ0n) is 12.5. The first-order chi connectivity index (χ1) is 9.43. The van der Waals surface area contributed by atoms with Gasteiger partial charge in [-0.3, -0.25) is 9.59 Å². The first-order valence-electron chi connectivity index (χ1n) is 7.06. The van der Waals surface area contributed by atoms with Gasteiger partial charge in [0.05, 0.1) is 5.92 Å². The van der Waals surface area contributed by atoms with Gasteiger partial charge in [-0.2, -0.15) is 0 Å². The maximum absolute atomic E-state index is 12.7. The number of carbonyl (C=O) groups is 2. The predicted molar refractivity (Wildman–Crippen MR) is 78.0 cm³/mol. The molecule has 0 aromatic heterocycles. The summed E-state index contributed by atoms with van der Waals surface area (Å²) in [6.45, 7) is 6.44. The molecule has 108 valence electrons. The van der Waals surface area contributed by atoms with Crippen molar-refractivity contribution in [3.8, 4) is 0 Å². The van der Waals surface area contributed by atoms with Gasteiger partial charge in [-0.25, -0.2) is 0 Å². The average Bonchev–Trinajstić information content (AvgIpc) is 2.44. The smallest absolute Gasteiger partial charge is 0.255 e. The summed E-state index contributed by atoms with van der Waals surface area (Å²) in [5.41, 5.74) is 0.674. The van der Waals surface area contributed by atoms with E-state index in [-0.39, 0.29) is 29.8 Å². The van der Waals surface area contributed by atoms with Gasteiger partial charge in [0.1, 0.15) is 6.17 Å². The zero-order valence-corrected chi connectivity index (χ0v) is 12.5. The van der Waals surface area contributed by atoms with E-state index >= 15 is 0 Å². The van der Waals surface area contributed by atoms with Crippen LogP contribution in [0.4, 0.5) is 0 Å². The summed E-state index contributed by atoms with van der Waals surface area (Å²) in [5, 5.41) is 0. The second kappa shape index (κ2) is 5.65. The van der Waals surface area contributed by atoms with Crippen LogP contribution in [0.3, 0.4) is 0 Å². The topological polar surface area (TPSA) is 40.6 Å². The standard InChI is InChI=1S/C16H22N2O2/c1-11(2)14-17(4)15(19)12(3)10-18(14)16(20)13-8-6-5-7-9-13/h5-9,11-12,14H,10H2,1-4H3/t12-,14-/m0/s1. The molecule has 1 aromatic carbocycles. The van der Waals surface area contributed by atoms with Gasteiger partial charge < -0.3 is 9.80 Å².